The molecule has 0 aliphatic carbocycles. The van der Waals surface area contributed by atoms with E-state index in [1.165, 1.54) is 0 Å². The molecule has 1 atom stereocenters. The Morgan fingerprint density at radius 2 is 1.81 bits per heavy atom. The van der Waals surface area contributed by atoms with Gasteiger partial charge in [0.2, 0.25) is 0 Å². The third-order valence-electron chi connectivity index (χ3n) is 5.39. The second kappa shape index (κ2) is 12.1. The van der Waals surface area contributed by atoms with Crippen molar-refractivity contribution in [3.05, 3.63) is 60.8 Å². The van der Waals surface area contributed by atoms with Crippen LogP contribution in [0, 0.1) is 5.92 Å². The molecular formula is C25H32N2O5. The van der Waals surface area contributed by atoms with Gasteiger partial charge in [-0.3, -0.25) is 4.79 Å². The van der Waals surface area contributed by atoms with Crippen LogP contribution < -0.4 is 9.47 Å². The summed E-state index contributed by atoms with van der Waals surface area (Å²) in [4.78, 5) is 14.5. The number of ether oxygens (including phenoxy) is 2. The van der Waals surface area contributed by atoms with Crippen molar-refractivity contribution in [2.24, 2.45) is 5.92 Å². The molecule has 1 aliphatic rings. The summed E-state index contributed by atoms with van der Waals surface area (Å²) in [5.74, 6) is 1.50. The minimum atomic E-state index is -0.833. The molecule has 1 aromatic heterocycles. The van der Waals surface area contributed by atoms with E-state index in [2.05, 4.69) is 9.88 Å². The number of β-amino-alcohol motifs (C(OH)–C–C–N with tert-alkyl or cyclic N) is 1. The van der Waals surface area contributed by atoms with E-state index in [0.29, 0.717) is 19.1 Å². The number of carbonyl (C=O) groups is 1. The molecule has 0 saturated carbocycles. The molecule has 0 spiro atoms. The number of aliphatic hydroxyl groups is 1. The summed E-state index contributed by atoms with van der Waals surface area (Å²) in [7, 11) is 0. The van der Waals surface area contributed by atoms with Crippen molar-refractivity contribution in [1.82, 2.24) is 9.88 Å². The van der Waals surface area contributed by atoms with Crippen LogP contribution in [0.15, 0.2) is 60.8 Å². The number of carboxylic acid groups (broad SMARTS) is 1. The van der Waals surface area contributed by atoms with E-state index >= 15 is 0 Å². The second-order valence-electron chi connectivity index (χ2n) is 8.05. The number of benzene rings is 2. The number of aromatic amines is 1. The summed E-state index contributed by atoms with van der Waals surface area (Å²) in [6, 6.07) is 17.9. The molecule has 1 saturated heterocycles. The molecule has 3 N–H and O–H groups in total. The average Bonchev–Trinajstić information content (AvgIpc) is 3.27. The minimum absolute atomic E-state index is 0.307. The molecule has 172 valence electrons. The van der Waals surface area contributed by atoms with Gasteiger partial charge in [0.25, 0.3) is 5.97 Å². The number of nitrogens with zero attached hydrogens (tertiary/aromatic N) is 1. The van der Waals surface area contributed by atoms with Crippen LogP contribution in [0.4, 0.5) is 0 Å². The molecule has 2 aromatic carbocycles. The second-order valence-corrected chi connectivity index (χ2v) is 8.05. The predicted molar refractivity (Wildman–Crippen MR) is 124 cm³/mol. The summed E-state index contributed by atoms with van der Waals surface area (Å²) in [6.45, 7) is 4.79. The quantitative estimate of drug-likeness (QED) is 0.493. The molecule has 0 radical (unpaired) electrons. The van der Waals surface area contributed by atoms with E-state index in [1.807, 2.05) is 60.8 Å². The van der Waals surface area contributed by atoms with Crippen LogP contribution >= 0.6 is 0 Å². The first-order valence-electron chi connectivity index (χ1n) is 11.0. The van der Waals surface area contributed by atoms with E-state index in [4.69, 9.17) is 19.4 Å². The van der Waals surface area contributed by atoms with Crippen LogP contribution in [0.2, 0.25) is 0 Å². The lowest BCUT2D eigenvalue weighted by Gasteiger charge is -2.33. The fourth-order valence-corrected chi connectivity index (χ4v) is 3.79. The zero-order valence-corrected chi connectivity index (χ0v) is 18.4. The van der Waals surface area contributed by atoms with Gasteiger partial charge >= 0.3 is 0 Å². The van der Waals surface area contributed by atoms with E-state index in [9.17, 15) is 5.11 Å². The average molecular weight is 441 g/mol. The fourth-order valence-electron chi connectivity index (χ4n) is 3.79. The van der Waals surface area contributed by atoms with Crippen molar-refractivity contribution in [3.8, 4) is 11.5 Å². The molecule has 0 amide bonds. The SMILES string of the molecule is CC(=O)O.OC(COc1cccc2[nH]ccc12)CN1CCC(COc2ccccc2)CC1. The summed E-state index contributed by atoms with van der Waals surface area (Å²) in [6.07, 6.45) is 3.61. The van der Waals surface area contributed by atoms with Gasteiger partial charge in [0.15, 0.2) is 0 Å². The summed E-state index contributed by atoms with van der Waals surface area (Å²) in [5.41, 5.74) is 1.05. The Hall–Kier alpha value is -3.03. The van der Waals surface area contributed by atoms with Gasteiger partial charge in [0.1, 0.15) is 24.2 Å². The molecule has 0 bridgehead atoms. The monoisotopic (exact) mass is 440 g/mol. The highest BCUT2D eigenvalue weighted by Gasteiger charge is 2.22. The van der Waals surface area contributed by atoms with Crippen LogP contribution in [-0.2, 0) is 4.79 Å². The maximum Gasteiger partial charge on any atom is 0.300 e. The molecule has 1 aliphatic heterocycles. The lowest BCUT2D eigenvalue weighted by atomic mass is 9.97. The van der Waals surface area contributed by atoms with Gasteiger partial charge in [-0.05, 0) is 62.2 Å². The molecule has 3 aromatic rings. The fraction of sp³-hybridized carbons (Fsp3) is 0.400. The number of fused-ring (bicyclic) bond motifs is 1. The summed E-state index contributed by atoms with van der Waals surface area (Å²) < 4.78 is 11.8. The number of nitrogens with one attached hydrogen (secondary N) is 1. The number of aliphatic hydroxyl groups excluding tert-OH is 1. The molecule has 1 fully saturated rings. The number of aromatic nitrogens is 1. The molecule has 7 heteroatoms. The van der Waals surface area contributed by atoms with Crippen molar-refractivity contribution in [2.45, 2.75) is 25.9 Å². The van der Waals surface area contributed by atoms with Gasteiger partial charge in [-0.15, -0.1) is 0 Å². The van der Waals surface area contributed by atoms with E-state index in [-0.39, 0.29) is 0 Å². The number of carboxylic acids is 1. The number of hydrogen-bond acceptors (Lipinski definition) is 5. The number of likely N-dealkylation sites (tertiary alicyclic amines) is 1. The third kappa shape index (κ3) is 7.59. The number of aliphatic carboxylic acids is 1. The Labute approximate surface area is 188 Å². The zero-order valence-electron chi connectivity index (χ0n) is 18.4. The first-order chi connectivity index (χ1) is 15.5. The number of hydrogen-bond donors (Lipinski definition) is 3. The largest absolute Gasteiger partial charge is 0.493 e. The first kappa shape index (κ1) is 23.6. The maximum absolute atomic E-state index is 10.4. The van der Waals surface area contributed by atoms with Gasteiger partial charge in [-0.2, -0.15) is 0 Å². The lowest BCUT2D eigenvalue weighted by Crippen LogP contribution is -2.41. The Morgan fingerprint density at radius 3 is 2.53 bits per heavy atom. The van der Waals surface area contributed by atoms with Gasteiger partial charge in [-0.25, -0.2) is 0 Å². The normalized spacial score (nSPS) is 15.6. The van der Waals surface area contributed by atoms with E-state index in [0.717, 1.165) is 61.9 Å². The molecule has 2 heterocycles. The van der Waals surface area contributed by atoms with Crippen molar-refractivity contribution >= 4 is 16.9 Å². The smallest absolute Gasteiger partial charge is 0.300 e. The number of piperidine rings is 1. The summed E-state index contributed by atoms with van der Waals surface area (Å²) >= 11 is 0. The Bertz CT molecular complexity index is 947. The van der Waals surface area contributed by atoms with Crippen LogP contribution in [0.1, 0.15) is 19.8 Å². The molecule has 32 heavy (non-hydrogen) atoms. The highest BCUT2D eigenvalue weighted by molar-refractivity contribution is 5.85. The summed E-state index contributed by atoms with van der Waals surface area (Å²) in [5, 5.41) is 18.9. The molecule has 1 unspecified atom stereocenters. The standard InChI is InChI=1S/C23H28N2O3.C2H4O2/c26-19(17-28-23-8-4-7-22-21(23)9-12-24-22)15-25-13-10-18(11-14-25)16-27-20-5-2-1-3-6-20;1-2(3)4/h1-9,12,18-19,24,26H,10-11,13-17H2;1H3,(H,3,4). The van der Waals surface area contributed by atoms with Crippen LogP contribution in [0.3, 0.4) is 0 Å². The van der Waals surface area contributed by atoms with E-state index < -0.39 is 12.1 Å². The zero-order chi connectivity index (χ0) is 22.8. The van der Waals surface area contributed by atoms with Crippen LogP contribution in [0.25, 0.3) is 10.9 Å². The topological polar surface area (TPSA) is 95.0 Å². The highest BCUT2D eigenvalue weighted by atomic mass is 16.5. The number of rotatable bonds is 8. The first-order valence-corrected chi connectivity index (χ1v) is 11.0. The maximum atomic E-state index is 10.4. The Balaban J connectivity index is 0.000000668. The Kier molecular flexibility index (Phi) is 8.95. The van der Waals surface area contributed by atoms with Crippen molar-refractivity contribution < 1.29 is 24.5 Å². The third-order valence-corrected chi connectivity index (χ3v) is 5.39. The highest BCUT2D eigenvalue weighted by Crippen LogP contribution is 2.25. The van der Waals surface area contributed by atoms with Gasteiger partial charge in [0, 0.05) is 30.6 Å². The number of para-hydroxylation sites is 1. The van der Waals surface area contributed by atoms with E-state index in [1.54, 1.807) is 0 Å². The van der Waals surface area contributed by atoms with Crippen molar-refractivity contribution in [2.75, 3.05) is 32.8 Å². The van der Waals surface area contributed by atoms with Crippen molar-refractivity contribution in [3.63, 3.8) is 0 Å². The number of H-pyrrole nitrogens is 1. The van der Waals surface area contributed by atoms with Gasteiger partial charge in [-0.1, -0.05) is 24.3 Å². The Morgan fingerprint density at radius 1 is 1.09 bits per heavy atom. The van der Waals surface area contributed by atoms with Crippen LogP contribution in [-0.4, -0.2) is 65.0 Å². The minimum Gasteiger partial charge on any atom is -0.493 e. The van der Waals surface area contributed by atoms with Gasteiger partial charge < -0.3 is 29.6 Å². The van der Waals surface area contributed by atoms with Crippen LogP contribution in [0.5, 0.6) is 11.5 Å². The molecule has 7 nitrogen and oxygen atoms in total. The molecular weight excluding hydrogens is 408 g/mol. The van der Waals surface area contributed by atoms with Crippen molar-refractivity contribution in [1.29, 1.82) is 0 Å². The predicted octanol–water partition coefficient (Wildman–Crippen LogP) is 3.79. The van der Waals surface area contributed by atoms with Gasteiger partial charge in [0.05, 0.1) is 6.61 Å². The lowest BCUT2D eigenvalue weighted by molar-refractivity contribution is -0.134. The molecule has 4 rings (SSSR count).